The SMILES string of the molecule is CN(C)c1ccc(-c2cc(Cl)c(Sc3ncccc3CN)c(CNC(=O)[C@H](Cc3c[nH]c4ccccc34)N(C)C(=O)[C@@H](N)CCCCN)c2)cn1. The summed E-state index contributed by atoms with van der Waals surface area (Å²) in [5.74, 6) is 0.208. The minimum Gasteiger partial charge on any atom is -0.363 e. The first kappa shape index (κ1) is 37.8. The number of anilines is 1. The highest BCUT2D eigenvalue weighted by atomic mass is 35.5. The van der Waals surface area contributed by atoms with Crippen LogP contribution in [0.4, 0.5) is 5.82 Å². The van der Waals surface area contributed by atoms with Gasteiger partial charge in [-0.2, -0.15) is 0 Å². The van der Waals surface area contributed by atoms with Crippen molar-refractivity contribution in [1.82, 2.24) is 25.2 Å². The van der Waals surface area contributed by atoms with E-state index in [1.165, 1.54) is 16.7 Å². The molecule has 3 heterocycles. The monoisotopic (exact) mass is 727 g/mol. The van der Waals surface area contributed by atoms with Gasteiger partial charge in [0.05, 0.1) is 11.1 Å². The van der Waals surface area contributed by atoms with Crippen LogP contribution in [-0.4, -0.2) is 71.4 Å². The normalized spacial score (nSPS) is 12.5. The topological polar surface area (TPSA) is 172 Å². The molecule has 0 aliphatic rings. The number of amides is 2. The Kier molecular flexibility index (Phi) is 13.1. The Bertz CT molecular complexity index is 1950. The molecule has 0 radical (unpaired) electrons. The van der Waals surface area contributed by atoms with E-state index >= 15 is 0 Å². The lowest BCUT2D eigenvalue weighted by molar-refractivity contribution is -0.140. The average molecular weight is 728 g/mol. The first-order chi connectivity index (χ1) is 24.6. The van der Waals surface area contributed by atoms with Crippen molar-refractivity contribution < 1.29 is 9.59 Å². The summed E-state index contributed by atoms with van der Waals surface area (Å²) in [5, 5.41) is 5.34. The number of hydrogen-bond acceptors (Lipinski definition) is 9. The number of rotatable bonds is 16. The van der Waals surface area contributed by atoms with E-state index in [9.17, 15) is 9.59 Å². The molecule has 2 amide bonds. The number of para-hydroxylation sites is 1. The first-order valence-corrected chi connectivity index (χ1v) is 18.1. The molecule has 5 rings (SSSR count). The Balaban J connectivity index is 1.48. The molecular weight excluding hydrogens is 682 g/mol. The molecule has 2 atom stereocenters. The summed E-state index contributed by atoms with van der Waals surface area (Å²) in [6.07, 6.45) is 7.67. The number of unbranched alkanes of at least 4 members (excludes halogenated alkanes) is 1. The third kappa shape index (κ3) is 9.26. The molecule has 0 aliphatic heterocycles. The lowest BCUT2D eigenvalue weighted by Crippen LogP contribution is -2.53. The summed E-state index contributed by atoms with van der Waals surface area (Å²) >= 11 is 8.42. The van der Waals surface area contributed by atoms with Gasteiger partial charge in [-0.15, -0.1) is 0 Å². The van der Waals surface area contributed by atoms with Crippen molar-refractivity contribution in [2.24, 2.45) is 17.2 Å². The number of carbonyl (C=O) groups is 2. The second kappa shape index (κ2) is 17.7. The van der Waals surface area contributed by atoms with Crippen LogP contribution in [0.2, 0.25) is 5.02 Å². The smallest absolute Gasteiger partial charge is 0.243 e. The number of fused-ring (bicyclic) bond motifs is 1. The average Bonchev–Trinajstić information content (AvgIpc) is 3.56. The summed E-state index contributed by atoms with van der Waals surface area (Å²) in [5.41, 5.74) is 23.3. The largest absolute Gasteiger partial charge is 0.363 e. The van der Waals surface area contributed by atoms with Gasteiger partial charge in [0, 0.05) is 80.6 Å². The molecular formula is C38H46ClN9O2S. The number of H-pyrrole nitrogens is 1. The molecule has 2 aromatic carbocycles. The number of benzene rings is 2. The number of aromatic amines is 1. The summed E-state index contributed by atoms with van der Waals surface area (Å²) in [4.78, 5) is 44.5. The van der Waals surface area contributed by atoms with E-state index in [0.717, 1.165) is 67.3 Å². The molecule has 0 saturated carbocycles. The van der Waals surface area contributed by atoms with Crippen molar-refractivity contribution in [3.8, 4) is 11.1 Å². The molecule has 11 nitrogen and oxygen atoms in total. The third-order valence-corrected chi connectivity index (χ3v) is 10.5. The van der Waals surface area contributed by atoms with Crippen LogP contribution in [0.1, 0.15) is 36.0 Å². The number of aromatic nitrogens is 3. The fourth-order valence-electron chi connectivity index (χ4n) is 5.91. The quantitative estimate of drug-likeness (QED) is 0.0868. The molecule has 0 saturated heterocycles. The van der Waals surface area contributed by atoms with E-state index in [1.807, 2.05) is 85.9 Å². The van der Waals surface area contributed by atoms with E-state index in [1.54, 1.807) is 19.4 Å². The Morgan fingerprint density at radius 3 is 2.49 bits per heavy atom. The van der Waals surface area contributed by atoms with Gasteiger partial charge in [0.25, 0.3) is 0 Å². The maximum atomic E-state index is 14.3. The van der Waals surface area contributed by atoms with Crippen LogP contribution in [0.25, 0.3) is 22.0 Å². The van der Waals surface area contributed by atoms with Crippen LogP contribution in [0.3, 0.4) is 0 Å². The van der Waals surface area contributed by atoms with Gasteiger partial charge in [0.2, 0.25) is 11.8 Å². The predicted octanol–water partition coefficient (Wildman–Crippen LogP) is 5.10. The van der Waals surface area contributed by atoms with E-state index in [2.05, 4.69) is 20.3 Å². The summed E-state index contributed by atoms with van der Waals surface area (Å²) in [7, 11) is 5.51. The standard InChI is InChI=1S/C38H46ClN9O2S/c1-47(2)34-14-13-25(21-45-34)26-17-28(35(30(39)18-26)51-37-24(20-41)9-8-16-43-37)23-46-36(49)33(48(3)38(50)31(42)11-6-7-15-40)19-27-22-44-32-12-5-4-10-29(27)32/h4-5,8-10,12-14,16-18,21-22,31,33,44H,6-7,11,15,19-20,23,40-42H2,1-3H3,(H,46,49)/t31-,33-/m0/s1. The Morgan fingerprint density at radius 2 is 1.76 bits per heavy atom. The van der Waals surface area contributed by atoms with Crippen LogP contribution in [0.5, 0.6) is 0 Å². The van der Waals surface area contributed by atoms with Gasteiger partial charge in [-0.25, -0.2) is 9.97 Å². The number of halogens is 1. The highest BCUT2D eigenvalue weighted by Crippen LogP contribution is 2.39. The van der Waals surface area contributed by atoms with Gasteiger partial charge in [0.1, 0.15) is 16.9 Å². The van der Waals surface area contributed by atoms with Crippen molar-refractivity contribution in [1.29, 1.82) is 0 Å². The molecule has 51 heavy (non-hydrogen) atoms. The van der Waals surface area contributed by atoms with Gasteiger partial charge in [-0.05, 0) is 78.0 Å². The number of likely N-dealkylation sites (N-methyl/N-ethyl adjacent to an activating group) is 1. The minimum absolute atomic E-state index is 0.137. The maximum absolute atomic E-state index is 14.3. The zero-order chi connectivity index (χ0) is 36.5. The molecule has 0 fully saturated rings. The van der Waals surface area contributed by atoms with Crippen molar-refractivity contribution in [2.45, 2.75) is 60.8 Å². The highest BCUT2D eigenvalue weighted by molar-refractivity contribution is 7.99. The van der Waals surface area contributed by atoms with Crippen molar-refractivity contribution in [2.75, 3.05) is 32.6 Å². The lowest BCUT2D eigenvalue weighted by Gasteiger charge is -2.30. The van der Waals surface area contributed by atoms with E-state index in [0.29, 0.717) is 24.5 Å². The third-order valence-electron chi connectivity index (χ3n) is 8.87. The summed E-state index contributed by atoms with van der Waals surface area (Å²) in [6.45, 7) is 0.976. The molecule has 0 bridgehead atoms. The number of nitrogens with two attached hydrogens (primary N) is 3. The molecule has 13 heteroatoms. The van der Waals surface area contributed by atoms with Gasteiger partial charge in [-0.1, -0.05) is 54.0 Å². The minimum atomic E-state index is -0.838. The van der Waals surface area contributed by atoms with Gasteiger partial charge in [0.15, 0.2) is 0 Å². The van der Waals surface area contributed by atoms with Crippen LogP contribution in [0.15, 0.2) is 89.2 Å². The van der Waals surface area contributed by atoms with Crippen molar-refractivity contribution >= 4 is 51.9 Å². The number of hydrogen-bond donors (Lipinski definition) is 5. The molecule has 8 N–H and O–H groups in total. The molecule has 0 spiro atoms. The number of pyridine rings is 2. The number of nitrogens with one attached hydrogen (secondary N) is 2. The van der Waals surface area contributed by atoms with Crippen molar-refractivity contribution in [3.63, 3.8) is 0 Å². The van der Waals surface area contributed by atoms with Crippen LogP contribution >= 0.6 is 23.4 Å². The zero-order valence-corrected chi connectivity index (χ0v) is 30.8. The number of carbonyl (C=O) groups excluding carboxylic acids is 2. The van der Waals surface area contributed by atoms with Crippen molar-refractivity contribution in [3.05, 3.63) is 101 Å². The Morgan fingerprint density at radius 1 is 0.961 bits per heavy atom. The van der Waals surface area contributed by atoms with Gasteiger partial charge in [-0.3, -0.25) is 9.59 Å². The van der Waals surface area contributed by atoms with Crippen LogP contribution < -0.4 is 27.4 Å². The Labute approximate surface area is 308 Å². The molecule has 0 unspecified atom stereocenters. The molecule has 268 valence electrons. The van der Waals surface area contributed by atoms with Crippen LogP contribution in [-0.2, 0) is 29.1 Å². The number of nitrogens with zero attached hydrogens (tertiary/aromatic N) is 4. The fourth-order valence-corrected chi connectivity index (χ4v) is 7.28. The van der Waals surface area contributed by atoms with E-state index < -0.39 is 12.1 Å². The van der Waals surface area contributed by atoms with Gasteiger partial charge < -0.3 is 37.3 Å². The first-order valence-electron chi connectivity index (χ1n) is 16.9. The second-order valence-corrected chi connectivity index (χ2v) is 14.1. The van der Waals surface area contributed by atoms with Crippen LogP contribution in [0, 0.1) is 0 Å². The summed E-state index contributed by atoms with van der Waals surface area (Å²) in [6, 6.07) is 17.9. The lowest BCUT2D eigenvalue weighted by atomic mass is 10.0. The summed E-state index contributed by atoms with van der Waals surface area (Å²) < 4.78 is 0. The van der Waals surface area contributed by atoms with Gasteiger partial charge >= 0.3 is 0 Å². The van der Waals surface area contributed by atoms with E-state index in [-0.39, 0.29) is 24.8 Å². The molecule has 3 aromatic heterocycles. The maximum Gasteiger partial charge on any atom is 0.243 e. The predicted molar refractivity (Wildman–Crippen MR) is 207 cm³/mol. The Hall–Kier alpha value is -4.46. The molecule has 5 aromatic rings. The molecule has 0 aliphatic carbocycles. The fraction of sp³-hybridized carbons (Fsp3) is 0.316. The second-order valence-electron chi connectivity index (χ2n) is 12.7. The van der Waals surface area contributed by atoms with E-state index in [4.69, 9.17) is 28.8 Å². The highest BCUT2D eigenvalue weighted by Gasteiger charge is 2.31. The zero-order valence-electron chi connectivity index (χ0n) is 29.2.